The molecule has 0 heterocycles. The van der Waals surface area contributed by atoms with Gasteiger partial charge in [-0.2, -0.15) is 0 Å². The molecule has 90 valence electrons. The average molecular weight is 217 g/mol. The minimum absolute atomic E-state index is 0.286. The first kappa shape index (κ1) is 14.2. The summed E-state index contributed by atoms with van der Waals surface area (Å²) in [6, 6.07) is 0. The largest absolute Gasteiger partial charge is 0.409 e. The molecule has 0 saturated carbocycles. The van der Waals surface area contributed by atoms with Crippen LogP contribution in [0.4, 0.5) is 0 Å². The zero-order chi connectivity index (χ0) is 11.5. The Morgan fingerprint density at radius 1 is 1.40 bits per heavy atom. The fourth-order valence-electron chi connectivity index (χ4n) is 1.26. The molecule has 0 aromatic rings. The Kier molecular flexibility index (Phi) is 9.21. The molecule has 0 aliphatic carbocycles. The van der Waals surface area contributed by atoms with Crippen molar-refractivity contribution in [2.75, 3.05) is 33.4 Å². The molecule has 3 N–H and O–H groups in total. The first-order valence-electron chi connectivity index (χ1n) is 5.42. The van der Waals surface area contributed by atoms with Crippen LogP contribution in [0.15, 0.2) is 5.16 Å². The number of amidine groups is 1. The second kappa shape index (κ2) is 9.73. The van der Waals surface area contributed by atoms with E-state index in [4.69, 9.17) is 15.7 Å². The number of hydrogen-bond donors (Lipinski definition) is 2. The van der Waals surface area contributed by atoms with Crippen LogP contribution in [0.25, 0.3) is 0 Å². The molecule has 15 heavy (non-hydrogen) atoms. The van der Waals surface area contributed by atoms with Crippen LogP contribution < -0.4 is 5.73 Å². The quantitative estimate of drug-likeness (QED) is 0.260. The molecule has 0 rings (SSSR count). The molecule has 0 amide bonds. The number of oxime groups is 1. The van der Waals surface area contributed by atoms with Crippen molar-refractivity contribution in [3.05, 3.63) is 0 Å². The molecule has 0 fully saturated rings. The maximum Gasteiger partial charge on any atom is 0.140 e. The predicted octanol–water partition coefficient (Wildman–Crippen LogP) is 0.871. The summed E-state index contributed by atoms with van der Waals surface area (Å²) in [7, 11) is 1.70. The molecule has 0 radical (unpaired) electrons. The van der Waals surface area contributed by atoms with Gasteiger partial charge in [-0.3, -0.25) is 0 Å². The monoisotopic (exact) mass is 217 g/mol. The molecule has 0 saturated heterocycles. The number of hydrogen-bond acceptors (Lipinski definition) is 4. The van der Waals surface area contributed by atoms with Crippen LogP contribution in [0.3, 0.4) is 0 Å². The van der Waals surface area contributed by atoms with Crippen LogP contribution in [0, 0.1) is 0 Å². The summed E-state index contributed by atoms with van der Waals surface area (Å²) in [6.07, 6.45) is 2.94. The van der Waals surface area contributed by atoms with Crippen molar-refractivity contribution in [3.8, 4) is 0 Å². The van der Waals surface area contributed by atoms with Gasteiger partial charge in [0.1, 0.15) is 5.84 Å². The average Bonchev–Trinajstić information content (AvgIpc) is 2.27. The summed E-state index contributed by atoms with van der Waals surface area (Å²) in [6.45, 7) is 5.64. The molecule has 5 nitrogen and oxygen atoms in total. The van der Waals surface area contributed by atoms with Crippen molar-refractivity contribution in [2.24, 2.45) is 10.9 Å². The number of nitrogens with zero attached hydrogens (tertiary/aromatic N) is 2. The first-order valence-corrected chi connectivity index (χ1v) is 5.42. The highest BCUT2D eigenvalue weighted by atomic mass is 16.5. The Labute approximate surface area is 91.9 Å². The third-order valence-corrected chi connectivity index (χ3v) is 2.25. The Hall–Kier alpha value is -0.810. The van der Waals surface area contributed by atoms with E-state index in [0.717, 1.165) is 26.2 Å². The van der Waals surface area contributed by atoms with Crippen molar-refractivity contribution in [1.29, 1.82) is 0 Å². The fraction of sp³-hybridized carbons (Fsp3) is 0.900. The van der Waals surface area contributed by atoms with Gasteiger partial charge in [-0.1, -0.05) is 18.5 Å². The molecule has 0 spiro atoms. The highest BCUT2D eigenvalue weighted by Crippen LogP contribution is 1.97. The van der Waals surface area contributed by atoms with Gasteiger partial charge in [-0.15, -0.1) is 0 Å². The standard InChI is InChI=1S/C10H23N3O2/c1-3-4-6-13(8-9-15-2)7-5-10(11)12-14/h14H,3-9H2,1-2H3,(H2,11,12). The Balaban J connectivity index is 3.78. The van der Waals surface area contributed by atoms with Gasteiger partial charge >= 0.3 is 0 Å². The van der Waals surface area contributed by atoms with E-state index in [0.29, 0.717) is 6.42 Å². The van der Waals surface area contributed by atoms with Crippen LogP contribution in [0.1, 0.15) is 26.2 Å². The lowest BCUT2D eigenvalue weighted by Crippen LogP contribution is -2.32. The van der Waals surface area contributed by atoms with Gasteiger partial charge < -0.3 is 20.6 Å². The molecule has 5 heteroatoms. The third-order valence-electron chi connectivity index (χ3n) is 2.25. The molecule has 0 aliphatic rings. The van der Waals surface area contributed by atoms with E-state index in [1.54, 1.807) is 7.11 Å². The summed E-state index contributed by atoms with van der Waals surface area (Å²) in [5.74, 6) is 0.286. The van der Waals surface area contributed by atoms with Gasteiger partial charge in [0.05, 0.1) is 6.61 Å². The summed E-state index contributed by atoms with van der Waals surface area (Å²) in [5, 5.41) is 11.4. The third kappa shape index (κ3) is 8.20. The van der Waals surface area contributed by atoms with Crippen LogP contribution in [0.5, 0.6) is 0 Å². The molecular formula is C10H23N3O2. The molecule has 0 aromatic carbocycles. The van der Waals surface area contributed by atoms with E-state index >= 15 is 0 Å². The summed E-state index contributed by atoms with van der Waals surface area (Å²) < 4.78 is 5.03. The lowest BCUT2D eigenvalue weighted by Gasteiger charge is -2.21. The van der Waals surface area contributed by atoms with Gasteiger partial charge in [0, 0.05) is 26.6 Å². The van der Waals surface area contributed by atoms with Crippen LogP contribution >= 0.6 is 0 Å². The normalized spacial score (nSPS) is 12.3. The lowest BCUT2D eigenvalue weighted by molar-refractivity contribution is 0.148. The zero-order valence-electron chi connectivity index (χ0n) is 9.78. The molecular weight excluding hydrogens is 194 g/mol. The lowest BCUT2D eigenvalue weighted by atomic mass is 10.3. The molecule has 0 aliphatic heterocycles. The number of nitrogens with two attached hydrogens (primary N) is 1. The van der Waals surface area contributed by atoms with Crippen molar-refractivity contribution in [2.45, 2.75) is 26.2 Å². The number of rotatable bonds is 9. The van der Waals surface area contributed by atoms with E-state index < -0.39 is 0 Å². The Bertz CT molecular complexity index is 166. The van der Waals surface area contributed by atoms with Gasteiger partial charge in [0.2, 0.25) is 0 Å². The second-order valence-electron chi connectivity index (χ2n) is 3.53. The molecule has 0 aromatic heterocycles. The number of ether oxygens (including phenoxy) is 1. The van der Waals surface area contributed by atoms with Crippen molar-refractivity contribution in [3.63, 3.8) is 0 Å². The van der Waals surface area contributed by atoms with E-state index in [1.807, 2.05) is 0 Å². The minimum atomic E-state index is 0.286. The second-order valence-corrected chi connectivity index (χ2v) is 3.53. The van der Waals surface area contributed by atoms with E-state index in [2.05, 4.69) is 17.0 Å². The zero-order valence-corrected chi connectivity index (χ0v) is 9.78. The van der Waals surface area contributed by atoms with Crippen molar-refractivity contribution in [1.82, 2.24) is 4.90 Å². The number of methoxy groups -OCH3 is 1. The predicted molar refractivity (Wildman–Crippen MR) is 61.2 cm³/mol. The van der Waals surface area contributed by atoms with Crippen LogP contribution in [-0.2, 0) is 4.74 Å². The van der Waals surface area contributed by atoms with E-state index in [9.17, 15) is 0 Å². The van der Waals surface area contributed by atoms with E-state index in [-0.39, 0.29) is 5.84 Å². The maximum absolute atomic E-state index is 8.42. The van der Waals surface area contributed by atoms with Gasteiger partial charge in [0.25, 0.3) is 0 Å². The SMILES string of the molecule is CCCCN(CCOC)CCC(N)=NO. The van der Waals surface area contributed by atoms with Crippen LogP contribution in [0.2, 0.25) is 0 Å². The highest BCUT2D eigenvalue weighted by molar-refractivity contribution is 5.79. The Morgan fingerprint density at radius 2 is 2.13 bits per heavy atom. The Morgan fingerprint density at radius 3 is 2.67 bits per heavy atom. The summed E-state index contributed by atoms with van der Waals surface area (Å²) in [5.41, 5.74) is 5.42. The highest BCUT2D eigenvalue weighted by Gasteiger charge is 2.05. The van der Waals surface area contributed by atoms with Gasteiger partial charge in [-0.05, 0) is 13.0 Å². The summed E-state index contributed by atoms with van der Waals surface area (Å²) >= 11 is 0. The maximum atomic E-state index is 8.42. The smallest absolute Gasteiger partial charge is 0.140 e. The van der Waals surface area contributed by atoms with E-state index in [1.165, 1.54) is 12.8 Å². The van der Waals surface area contributed by atoms with Crippen molar-refractivity contribution < 1.29 is 9.94 Å². The first-order chi connectivity index (χ1) is 7.24. The fourth-order valence-corrected chi connectivity index (χ4v) is 1.26. The van der Waals surface area contributed by atoms with Crippen molar-refractivity contribution >= 4 is 5.84 Å². The van der Waals surface area contributed by atoms with Gasteiger partial charge in [-0.25, -0.2) is 0 Å². The van der Waals surface area contributed by atoms with Crippen LogP contribution in [-0.4, -0.2) is 49.3 Å². The van der Waals surface area contributed by atoms with Gasteiger partial charge in [0.15, 0.2) is 0 Å². The molecule has 0 atom stereocenters. The topological polar surface area (TPSA) is 71.1 Å². The molecule has 0 bridgehead atoms. The molecule has 0 unspecified atom stereocenters. The minimum Gasteiger partial charge on any atom is -0.409 e. The number of unbranched alkanes of at least 4 members (excludes halogenated alkanes) is 1. The summed E-state index contributed by atoms with van der Waals surface area (Å²) in [4.78, 5) is 2.27.